The van der Waals surface area contributed by atoms with E-state index in [4.69, 9.17) is 5.73 Å². The molecule has 4 heteroatoms. The summed E-state index contributed by atoms with van der Waals surface area (Å²) in [6.45, 7) is 0. The molecule has 1 aromatic heterocycles. The Morgan fingerprint density at radius 2 is 2.14 bits per heavy atom. The van der Waals surface area contributed by atoms with E-state index >= 15 is 0 Å². The first-order valence-electron chi connectivity index (χ1n) is 4.06. The standard InChI is InChI=1S/C10H8N2O2/c11-10(14)7-3-4-12-9-2-1-6(13)5-8(7)9/h1-5,13H,(H2,11,14). The predicted molar refractivity (Wildman–Crippen MR) is 51.9 cm³/mol. The normalized spacial score (nSPS) is 10.3. The Morgan fingerprint density at radius 3 is 2.86 bits per heavy atom. The summed E-state index contributed by atoms with van der Waals surface area (Å²) in [5, 5.41) is 9.83. The van der Waals surface area contributed by atoms with Gasteiger partial charge < -0.3 is 10.8 Å². The number of carbonyl (C=O) groups excluding carboxylic acids is 1. The van der Waals surface area contributed by atoms with E-state index in [0.29, 0.717) is 16.5 Å². The van der Waals surface area contributed by atoms with E-state index in [1.54, 1.807) is 6.07 Å². The van der Waals surface area contributed by atoms with Gasteiger partial charge in [0, 0.05) is 11.6 Å². The summed E-state index contributed by atoms with van der Waals surface area (Å²) in [6.07, 6.45) is 1.51. The van der Waals surface area contributed by atoms with Crippen LogP contribution in [0.15, 0.2) is 30.5 Å². The molecule has 0 aliphatic rings. The monoisotopic (exact) mass is 188 g/mol. The molecule has 4 nitrogen and oxygen atoms in total. The quantitative estimate of drug-likeness (QED) is 0.701. The van der Waals surface area contributed by atoms with Gasteiger partial charge in [0.05, 0.1) is 11.1 Å². The number of amides is 1. The molecule has 1 aromatic carbocycles. The minimum absolute atomic E-state index is 0.0907. The zero-order valence-corrected chi connectivity index (χ0v) is 7.27. The van der Waals surface area contributed by atoms with Crippen LogP contribution in [0.5, 0.6) is 5.75 Å². The number of phenols is 1. The number of carbonyl (C=O) groups is 1. The molecule has 0 aliphatic carbocycles. The first kappa shape index (κ1) is 8.50. The number of fused-ring (bicyclic) bond motifs is 1. The lowest BCUT2D eigenvalue weighted by Gasteiger charge is -2.02. The van der Waals surface area contributed by atoms with Crippen LogP contribution in [0.3, 0.4) is 0 Å². The summed E-state index contributed by atoms with van der Waals surface area (Å²) >= 11 is 0. The molecule has 2 rings (SSSR count). The number of aromatic hydroxyl groups is 1. The number of phenolic OH excluding ortho intramolecular Hbond substituents is 1. The van der Waals surface area contributed by atoms with Crippen molar-refractivity contribution in [2.45, 2.75) is 0 Å². The molecule has 0 atom stereocenters. The summed E-state index contributed by atoms with van der Waals surface area (Å²) in [5.74, 6) is -0.434. The highest BCUT2D eigenvalue weighted by Crippen LogP contribution is 2.21. The minimum Gasteiger partial charge on any atom is -0.508 e. The average molecular weight is 188 g/mol. The first-order valence-corrected chi connectivity index (χ1v) is 4.06. The van der Waals surface area contributed by atoms with Gasteiger partial charge in [-0.05, 0) is 24.3 Å². The molecule has 1 amide bonds. The van der Waals surface area contributed by atoms with Crippen LogP contribution in [0.25, 0.3) is 10.9 Å². The molecular formula is C10H8N2O2. The van der Waals surface area contributed by atoms with Crippen LogP contribution in [0.1, 0.15) is 10.4 Å². The lowest BCUT2D eigenvalue weighted by atomic mass is 10.1. The molecule has 1 heterocycles. The molecular weight excluding hydrogens is 180 g/mol. The summed E-state index contributed by atoms with van der Waals surface area (Å²) < 4.78 is 0. The number of rotatable bonds is 1. The molecule has 14 heavy (non-hydrogen) atoms. The maximum atomic E-state index is 11.0. The number of hydrogen-bond acceptors (Lipinski definition) is 3. The molecule has 0 saturated carbocycles. The fraction of sp³-hybridized carbons (Fsp3) is 0. The Morgan fingerprint density at radius 1 is 1.36 bits per heavy atom. The van der Waals surface area contributed by atoms with Gasteiger partial charge in [-0.3, -0.25) is 9.78 Å². The van der Waals surface area contributed by atoms with Crippen molar-refractivity contribution in [1.82, 2.24) is 4.98 Å². The number of pyridine rings is 1. The topological polar surface area (TPSA) is 76.2 Å². The van der Waals surface area contributed by atoms with Gasteiger partial charge in [0.2, 0.25) is 5.91 Å². The Labute approximate surface area is 80.0 Å². The lowest BCUT2D eigenvalue weighted by Crippen LogP contribution is -2.11. The molecule has 0 bridgehead atoms. The van der Waals surface area contributed by atoms with Gasteiger partial charge in [0.25, 0.3) is 0 Å². The Hall–Kier alpha value is -2.10. The minimum atomic E-state index is -0.525. The molecule has 0 radical (unpaired) electrons. The van der Waals surface area contributed by atoms with E-state index in [1.807, 2.05) is 0 Å². The van der Waals surface area contributed by atoms with E-state index in [9.17, 15) is 9.90 Å². The highest BCUT2D eigenvalue weighted by atomic mass is 16.3. The third-order valence-electron chi connectivity index (χ3n) is 1.99. The summed E-state index contributed by atoms with van der Waals surface area (Å²) in [4.78, 5) is 15.1. The second kappa shape index (κ2) is 2.99. The Balaban J connectivity index is 2.84. The van der Waals surface area contributed by atoms with E-state index < -0.39 is 5.91 Å². The van der Waals surface area contributed by atoms with Gasteiger partial charge in [-0.2, -0.15) is 0 Å². The largest absolute Gasteiger partial charge is 0.508 e. The van der Waals surface area contributed by atoms with Gasteiger partial charge in [-0.25, -0.2) is 0 Å². The van der Waals surface area contributed by atoms with Crippen molar-refractivity contribution in [2.24, 2.45) is 5.73 Å². The lowest BCUT2D eigenvalue weighted by molar-refractivity contribution is 0.100. The van der Waals surface area contributed by atoms with Crippen LogP contribution in [0.4, 0.5) is 0 Å². The SMILES string of the molecule is NC(=O)c1ccnc2ccc(O)cc12. The van der Waals surface area contributed by atoms with Crippen LogP contribution in [0.2, 0.25) is 0 Å². The second-order valence-corrected chi connectivity index (χ2v) is 2.92. The van der Waals surface area contributed by atoms with Gasteiger partial charge in [0.15, 0.2) is 0 Å². The fourth-order valence-electron chi connectivity index (χ4n) is 1.35. The highest BCUT2D eigenvalue weighted by molar-refractivity contribution is 6.05. The fourth-order valence-corrected chi connectivity index (χ4v) is 1.35. The van der Waals surface area contributed by atoms with Gasteiger partial charge >= 0.3 is 0 Å². The number of hydrogen-bond donors (Lipinski definition) is 2. The molecule has 3 N–H and O–H groups in total. The van der Waals surface area contributed by atoms with Crippen molar-refractivity contribution in [3.05, 3.63) is 36.0 Å². The molecule has 2 aromatic rings. The van der Waals surface area contributed by atoms with Crippen LogP contribution in [-0.4, -0.2) is 16.0 Å². The second-order valence-electron chi connectivity index (χ2n) is 2.92. The summed E-state index contributed by atoms with van der Waals surface area (Å²) in [5.41, 5.74) is 6.19. The Kier molecular flexibility index (Phi) is 1.81. The molecule has 0 unspecified atom stereocenters. The van der Waals surface area contributed by atoms with Gasteiger partial charge in [-0.1, -0.05) is 0 Å². The summed E-state index contributed by atoms with van der Waals surface area (Å²) in [6, 6.07) is 6.16. The van der Waals surface area contributed by atoms with Crippen LogP contribution >= 0.6 is 0 Å². The predicted octanol–water partition coefficient (Wildman–Crippen LogP) is 1.04. The maximum Gasteiger partial charge on any atom is 0.249 e. The van der Waals surface area contributed by atoms with Gasteiger partial charge in [0.1, 0.15) is 5.75 Å². The van der Waals surface area contributed by atoms with Crippen molar-refractivity contribution >= 4 is 16.8 Å². The smallest absolute Gasteiger partial charge is 0.249 e. The highest BCUT2D eigenvalue weighted by Gasteiger charge is 2.06. The van der Waals surface area contributed by atoms with E-state index in [0.717, 1.165) is 0 Å². The number of primary amides is 1. The number of nitrogens with two attached hydrogens (primary N) is 1. The van der Waals surface area contributed by atoms with Crippen LogP contribution < -0.4 is 5.73 Å². The Bertz CT molecular complexity index is 508. The van der Waals surface area contributed by atoms with E-state index in [2.05, 4.69) is 4.98 Å². The van der Waals surface area contributed by atoms with Gasteiger partial charge in [-0.15, -0.1) is 0 Å². The number of benzene rings is 1. The van der Waals surface area contributed by atoms with Crippen LogP contribution in [0, 0.1) is 0 Å². The zero-order valence-electron chi connectivity index (χ0n) is 7.27. The number of nitrogens with zero attached hydrogens (tertiary/aromatic N) is 1. The van der Waals surface area contributed by atoms with E-state index in [1.165, 1.54) is 24.4 Å². The molecule has 0 saturated heterocycles. The molecule has 0 aliphatic heterocycles. The number of aromatic nitrogens is 1. The average Bonchev–Trinajstić information content (AvgIpc) is 2.16. The van der Waals surface area contributed by atoms with Crippen LogP contribution in [-0.2, 0) is 0 Å². The molecule has 0 fully saturated rings. The molecule has 70 valence electrons. The van der Waals surface area contributed by atoms with Crippen molar-refractivity contribution in [1.29, 1.82) is 0 Å². The molecule has 0 spiro atoms. The van der Waals surface area contributed by atoms with Crippen molar-refractivity contribution in [3.63, 3.8) is 0 Å². The van der Waals surface area contributed by atoms with E-state index in [-0.39, 0.29) is 5.75 Å². The first-order chi connectivity index (χ1) is 6.68. The van der Waals surface area contributed by atoms with Crippen molar-refractivity contribution < 1.29 is 9.90 Å². The van der Waals surface area contributed by atoms with Crippen molar-refractivity contribution in [3.8, 4) is 5.75 Å². The zero-order chi connectivity index (χ0) is 10.1. The summed E-state index contributed by atoms with van der Waals surface area (Å²) in [7, 11) is 0. The third-order valence-corrected chi connectivity index (χ3v) is 1.99. The third kappa shape index (κ3) is 1.26. The van der Waals surface area contributed by atoms with Crippen molar-refractivity contribution in [2.75, 3.05) is 0 Å². The maximum absolute atomic E-state index is 11.0.